The van der Waals surface area contributed by atoms with E-state index in [2.05, 4.69) is 502 Å². The van der Waals surface area contributed by atoms with Gasteiger partial charge in [0.25, 0.3) is 0 Å². The van der Waals surface area contributed by atoms with Crippen LogP contribution in [0.3, 0.4) is 0 Å². The average molecular weight is 1560 g/mol. The number of anilines is 12. The Balaban J connectivity index is 0.699. The van der Waals surface area contributed by atoms with Crippen molar-refractivity contribution < 1.29 is 0 Å². The molecule has 19 aromatic carbocycles. The Morgan fingerprint density at radius 1 is 0.140 bits per heavy atom. The lowest BCUT2D eigenvalue weighted by molar-refractivity contribution is 1.18. The number of rotatable bonds is 19. The summed E-state index contributed by atoms with van der Waals surface area (Å²) in [5.74, 6) is 0. The molecular weight excluding hydrogens is 1490 g/mol. The van der Waals surface area contributed by atoms with Crippen molar-refractivity contribution in [3.8, 4) is 67.0 Å². The van der Waals surface area contributed by atoms with Crippen molar-refractivity contribution in [3.05, 3.63) is 473 Å². The van der Waals surface area contributed by atoms with E-state index in [1.54, 1.807) is 0 Å². The first-order valence-electron chi connectivity index (χ1n) is 41.3. The minimum atomic E-state index is 1.00. The van der Waals surface area contributed by atoms with Crippen LogP contribution in [0.1, 0.15) is 0 Å². The van der Waals surface area contributed by atoms with E-state index in [-0.39, 0.29) is 0 Å². The molecule has 0 amide bonds. The van der Waals surface area contributed by atoms with Gasteiger partial charge in [-0.15, -0.1) is 11.3 Å². The Labute approximate surface area is 707 Å². The summed E-state index contributed by atoms with van der Waals surface area (Å²) < 4.78 is 7.42. The molecule has 7 heteroatoms. The summed E-state index contributed by atoms with van der Waals surface area (Å²) in [5, 5.41) is 7.25. The molecule has 570 valence electrons. The summed E-state index contributed by atoms with van der Waals surface area (Å²) in [4.78, 5) is 9.65. The van der Waals surface area contributed by atoms with Crippen molar-refractivity contribution in [1.29, 1.82) is 0 Å². The second-order valence-electron chi connectivity index (χ2n) is 30.9. The van der Waals surface area contributed by atoms with Gasteiger partial charge < -0.3 is 28.7 Å². The van der Waals surface area contributed by atoms with Crippen LogP contribution >= 0.6 is 11.3 Å². The highest BCUT2D eigenvalue weighted by Gasteiger charge is 2.26. The predicted molar refractivity (Wildman–Crippen MR) is 514 cm³/mol. The fourth-order valence-corrected chi connectivity index (χ4v) is 19.0. The van der Waals surface area contributed by atoms with Crippen molar-refractivity contribution in [3.63, 3.8) is 0 Å². The first-order chi connectivity index (χ1) is 60.0. The fraction of sp³-hybridized carbons (Fsp3) is 0. The molecule has 0 atom stereocenters. The van der Waals surface area contributed by atoms with Gasteiger partial charge in [0, 0.05) is 121 Å². The zero-order valence-corrected chi connectivity index (χ0v) is 66.9. The summed E-state index contributed by atoms with van der Waals surface area (Å²) in [6.45, 7) is 0. The van der Waals surface area contributed by atoms with Crippen LogP contribution < -0.4 is 19.6 Å². The number of fused-ring (bicyclic) bond motifs is 9. The molecule has 22 aromatic rings. The van der Waals surface area contributed by atoms with Gasteiger partial charge in [-0.05, 0) is 250 Å². The number of para-hydroxylation sites is 7. The zero-order chi connectivity index (χ0) is 80.1. The van der Waals surface area contributed by atoms with Crippen molar-refractivity contribution >= 4 is 143 Å². The highest BCUT2D eigenvalue weighted by molar-refractivity contribution is 7.25. The van der Waals surface area contributed by atoms with Gasteiger partial charge in [-0.25, -0.2) is 0 Å². The summed E-state index contributed by atoms with van der Waals surface area (Å²) in [5.41, 5.74) is 30.4. The molecule has 0 aliphatic heterocycles. The minimum Gasteiger partial charge on any atom is -0.310 e. The number of thiophene rings is 1. The third-order valence-electron chi connectivity index (χ3n) is 23.6. The minimum absolute atomic E-state index is 1.00. The molecule has 6 nitrogen and oxygen atoms in total. The summed E-state index contributed by atoms with van der Waals surface area (Å²) in [7, 11) is 0. The monoisotopic (exact) mass is 1560 g/mol. The van der Waals surface area contributed by atoms with Crippen LogP contribution in [0.2, 0.25) is 0 Å². The molecule has 0 aliphatic carbocycles. The van der Waals surface area contributed by atoms with Crippen molar-refractivity contribution in [1.82, 2.24) is 9.13 Å². The first-order valence-corrected chi connectivity index (χ1v) is 42.1. The molecule has 0 unspecified atom stereocenters. The Morgan fingerprint density at radius 3 is 0.802 bits per heavy atom. The van der Waals surface area contributed by atoms with Crippen LogP contribution in [0, 0.1) is 0 Å². The molecular formula is C114H78N6S. The van der Waals surface area contributed by atoms with Crippen molar-refractivity contribution in [2.24, 2.45) is 0 Å². The highest BCUT2D eigenvalue weighted by Crippen LogP contribution is 2.50. The molecule has 0 fully saturated rings. The van der Waals surface area contributed by atoms with E-state index in [1.807, 2.05) is 11.3 Å². The molecule has 22 rings (SSSR count). The van der Waals surface area contributed by atoms with Crippen molar-refractivity contribution in [2.75, 3.05) is 19.6 Å². The smallest absolute Gasteiger partial charge is 0.0547 e. The summed E-state index contributed by atoms with van der Waals surface area (Å²) >= 11 is 1.84. The van der Waals surface area contributed by atoms with Gasteiger partial charge >= 0.3 is 0 Å². The number of hydrogen-bond acceptors (Lipinski definition) is 5. The lowest BCUT2D eigenvalue weighted by atomic mass is 9.99. The second-order valence-corrected chi connectivity index (χ2v) is 31.9. The van der Waals surface area contributed by atoms with E-state index in [0.717, 1.165) is 141 Å². The molecule has 0 spiro atoms. The van der Waals surface area contributed by atoms with Gasteiger partial charge in [-0.1, -0.05) is 279 Å². The van der Waals surface area contributed by atoms with Gasteiger partial charge in [0.15, 0.2) is 0 Å². The lowest BCUT2D eigenvalue weighted by Crippen LogP contribution is -2.13. The van der Waals surface area contributed by atoms with Crippen LogP contribution in [-0.2, 0) is 0 Å². The Hall–Kier alpha value is -15.8. The maximum Gasteiger partial charge on any atom is 0.0547 e. The zero-order valence-electron chi connectivity index (χ0n) is 66.1. The molecule has 0 radical (unpaired) electrons. The fourth-order valence-electron chi connectivity index (χ4n) is 17.9. The lowest BCUT2D eigenvalue weighted by Gasteiger charge is -2.30. The van der Waals surface area contributed by atoms with E-state index in [1.165, 1.54) is 58.4 Å². The molecule has 3 heterocycles. The largest absolute Gasteiger partial charge is 0.310 e. The third kappa shape index (κ3) is 13.5. The van der Waals surface area contributed by atoms with Gasteiger partial charge in [0.05, 0.1) is 22.1 Å². The second kappa shape index (κ2) is 31.0. The van der Waals surface area contributed by atoms with E-state index >= 15 is 0 Å². The standard InChI is InChI=1S/C114H78N6S/c1-9-29-79(30-10-1)81-49-58-95(59-50-81)116(91-37-17-5-18-38-91)100-70-88(72-102(77-100)118(92-39-19-6-20-40-92)98-64-68-114-108(78-98)107-46-26-28-48-113(107)121-114)86-57-67-106-105-65-55-84(73-111(105)120(112(106)75-86)94-43-23-8-24-44-94)83-53-62-97(63-54-83)117(96-60-51-82(52-61-96)80-31-11-2-12-32-80)101-71-87(69-99(76-101)115(89-33-13-3-14-34-89)90-35-15-4-16-36-90)85-56-66-104-103-45-25-27-47-109(103)119(110(104)74-85)93-41-21-7-22-42-93/h1-78H. The number of nitrogens with zero attached hydrogens (tertiary/aromatic N) is 6. The van der Waals surface area contributed by atoms with Gasteiger partial charge in [-0.2, -0.15) is 0 Å². The van der Waals surface area contributed by atoms with Crippen LogP contribution in [0.15, 0.2) is 473 Å². The van der Waals surface area contributed by atoms with E-state index in [4.69, 9.17) is 0 Å². The molecule has 3 aromatic heterocycles. The maximum atomic E-state index is 2.47. The first kappa shape index (κ1) is 71.7. The quantitative estimate of drug-likeness (QED) is 0.0805. The highest BCUT2D eigenvalue weighted by atomic mass is 32.1. The van der Waals surface area contributed by atoms with E-state index in [9.17, 15) is 0 Å². The normalized spacial score (nSPS) is 11.5. The van der Waals surface area contributed by atoms with Gasteiger partial charge in [0.1, 0.15) is 0 Å². The number of benzene rings is 19. The third-order valence-corrected chi connectivity index (χ3v) is 24.7. The average Bonchev–Trinajstić information content (AvgIpc) is 1.64. The Morgan fingerprint density at radius 2 is 0.405 bits per heavy atom. The van der Waals surface area contributed by atoms with Crippen LogP contribution in [-0.4, -0.2) is 9.13 Å². The summed E-state index contributed by atoms with van der Waals surface area (Å²) in [6, 6.07) is 173. The molecule has 0 bridgehead atoms. The Kier molecular flexibility index (Phi) is 18.4. The summed E-state index contributed by atoms with van der Waals surface area (Å²) in [6.07, 6.45) is 0. The molecule has 0 N–H and O–H groups in total. The molecule has 0 saturated carbocycles. The van der Waals surface area contributed by atoms with E-state index < -0.39 is 0 Å². The molecule has 0 saturated heterocycles. The van der Waals surface area contributed by atoms with Crippen LogP contribution in [0.5, 0.6) is 0 Å². The number of aromatic nitrogens is 2. The number of hydrogen-bond donors (Lipinski definition) is 0. The van der Waals surface area contributed by atoms with Crippen LogP contribution in [0.25, 0.3) is 131 Å². The van der Waals surface area contributed by atoms with E-state index in [0.29, 0.717) is 0 Å². The molecule has 0 aliphatic rings. The SMILES string of the molecule is c1ccc(-c2ccc(N(c3ccc(-c4ccc5c6ccc(-c7cc(N(c8ccccc8)c8ccc(-c9ccccc9)cc8)cc(N(c8ccccc8)c8ccc9sc%10ccccc%10c9c8)c7)cc6n(-c6ccccc6)c5c4)cc3)c3cc(-c4ccc5c6ccccc6n(-c6ccccc6)c5c4)cc(N(c4ccccc4)c4ccccc4)c3)cc2)cc1. The predicted octanol–water partition coefficient (Wildman–Crippen LogP) is 32.5. The van der Waals surface area contributed by atoms with Gasteiger partial charge in [-0.3, -0.25) is 0 Å². The van der Waals surface area contributed by atoms with Crippen molar-refractivity contribution in [2.45, 2.75) is 0 Å². The topological polar surface area (TPSA) is 22.8 Å². The Bertz CT molecular complexity index is 7490. The molecule has 121 heavy (non-hydrogen) atoms. The maximum absolute atomic E-state index is 2.47. The van der Waals surface area contributed by atoms with Crippen LogP contribution in [0.4, 0.5) is 68.2 Å². The van der Waals surface area contributed by atoms with Gasteiger partial charge in [0.2, 0.25) is 0 Å².